The Balaban J connectivity index is 1.58. The molecule has 0 saturated heterocycles. The van der Waals surface area contributed by atoms with Crippen molar-refractivity contribution in [2.45, 2.75) is 44.3 Å². The molecule has 2 aromatic carbocycles. The summed E-state index contributed by atoms with van der Waals surface area (Å²) in [6.45, 7) is 3.43. The van der Waals surface area contributed by atoms with Crippen molar-refractivity contribution in [3.63, 3.8) is 0 Å². The monoisotopic (exact) mass is 471 g/mol. The number of anilines is 1. The number of aliphatic hydroxyl groups is 1. The SMILES string of the molecule is Cc1nnc(N[C@H](C)c2cccc(C(F)(F)C3(O)CC3)c2F)c2cc3c(cc12)n(C)c(=O)n3C. The van der Waals surface area contributed by atoms with Crippen LogP contribution in [0.25, 0.3) is 21.8 Å². The Labute approximate surface area is 192 Å². The second kappa shape index (κ2) is 7.30. The number of halogens is 3. The molecule has 10 heteroatoms. The lowest BCUT2D eigenvalue weighted by molar-refractivity contribution is -0.134. The van der Waals surface area contributed by atoms with Crippen LogP contribution in [0.3, 0.4) is 0 Å². The van der Waals surface area contributed by atoms with Gasteiger partial charge in [0.2, 0.25) is 0 Å². The van der Waals surface area contributed by atoms with Gasteiger partial charge in [0.05, 0.1) is 28.3 Å². The van der Waals surface area contributed by atoms with Crippen molar-refractivity contribution in [2.75, 3.05) is 5.32 Å². The lowest BCUT2D eigenvalue weighted by Gasteiger charge is -2.25. The summed E-state index contributed by atoms with van der Waals surface area (Å²) in [5.41, 5.74) is -1.10. The standard InChI is InChI=1S/C24H24F3N5O2/c1-12(14-6-5-7-17(20(14)25)24(26,27)23(34)8-9-23)28-21-16-11-19-18(31(3)22(33)32(19)4)10-15(16)13(2)29-30-21/h5-7,10-12,34H,8-9H2,1-4H3,(H,28,30)/t12-/m1/s1. The molecule has 0 unspecified atom stereocenters. The van der Waals surface area contributed by atoms with Gasteiger partial charge in [0.25, 0.3) is 0 Å². The van der Waals surface area contributed by atoms with E-state index in [0.717, 1.165) is 17.0 Å². The van der Waals surface area contributed by atoms with Gasteiger partial charge in [-0.3, -0.25) is 9.13 Å². The Bertz CT molecular complexity index is 1520. The summed E-state index contributed by atoms with van der Waals surface area (Å²) in [6.07, 6.45) is -0.141. The molecular weight excluding hydrogens is 447 g/mol. The van der Waals surface area contributed by atoms with Gasteiger partial charge < -0.3 is 10.4 Å². The largest absolute Gasteiger partial charge is 0.383 e. The minimum Gasteiger partial charge on any atom is -0.383 e. The minimum atomic E-state index is -3.69. The summed E-state index contributed by atoms with van der Waals surface area (Å²) in [6, 6.07) is 6.71. The highest BCUT2D eigenvalue weighted by Gasteiger charge is 2.63. The zero-order valence-electron chi connectivity index (χ0n) is 19.2. The minimum absolute atomic E-state index is 0.0186. The van der Waals surface area contributed by atoms with Crippen LogP contribution >= 0.6 is 0 Å². The lowest BCUT2D eigenvalue weighted by Crippen LogP contribution is -2.34. The van der Waals surface area contributed by atoms with Crippen molar-refractivity contribution in [2.24, 2.45) is 14.1 Å². The maximum atomic E-state index is 15.3. The van der Waals surface area contributed by atoms with Crippen LogP contribution in [0, 0.1) is 12.7 Å². The second-order valence-electron chi connectivity index (χ2n) is 9.10. The van der Waals surface area contributed by atoms with Gasteiger partial charge in [0.15, 0.2) is 5.82 Å². The fourth-order valence-electron chi connectivity index (χ4n) is 4.47. The summed E-state index contributed by atoms with van der Waals surface area (Å²) in [5, 5.41) is 22.9. The van der Waals surface area contributed by atoms with Crippen molar-refractivity contribution in [1.29, 1.82) is 0 Å². The van der Waals surface area contributed by atoms with Crippen molar-refractivity contribution < 1.29 is 18.3 Å². The number of fused-ring (bicyclic) bond motifs is 2. The lowest BCUT2D eigenvalue weighted by atomic mass is 9.96. The summed E-state index contributed by atoms with van der Waals surface area (Å²) in [5.74, 6) is -4.42. The predicted molar refractivity (Wildman–Crippen MR) is 123 cm³/mol. The Kier molecular flexibility index (Phi) is 4.81. The summed E-state index contributed by atoms with van der Waals surface area (Å²) < 4.78 is 47.9. The molecule has 1 atom stereocenters. The average Bonchev–Trinajstić information content (AvgIpc) is 3.53. The van der Waals surface area contributed by atoms with Gasteiger partial charge in [-0.15, -0.1) is 5.10 Å². The first-order chi connectivity index (χ1) is 16.0. The number of hydrogen-bond acceptors (Lipinski definition) is 5. The third-order valence-corrected chi connectivity index (χ3v) is 6.85. The van der Waals surface area contributed by atoms with Crippen molar-refractivity contribution in [1.82, 2.24) is 19.3 Å². The third kappa shape index (κ3) is 3.12. The van der Waals surface area contributed by atoms with E-state index in [2.05, 4.69) is 15.5 Å². The molecule has 0 radical (unpaired) electrons. The smallest absolute Gasteiger partial charge is 0.328 e. The highest BCUT2D eigenvalue weighted by molar-refractivity contribution is 6.01. The van der Waals surface area contributed by atoms with Crippen LogP contribution in [-0.2, 0) is 20.0 Å². The fraction of sp³-hybridized carbons (Fsp3) is 0.375. The normalized spacial score (nSPS) is 16.2. The number of benzene rings is 2. The van der Waals surface area contributed by atoms with E-state index in [4.69, 9.17) is 0 Å². The average molecular weight is 471 g/mol. The van der Waals surface area contributed by atoms with Crippen LogP contribution in [0.4, 0.5) is 19.0 Å². The topological polar surface area (TPSA) is 85.0 Å². The predicted octanol–water partition coefficient (Wildman–Crippen LogP) is 4.06. The maximum Gasteiger partial charge on any atom is 0.328 e. The molecule has 1 aliphatic carbocycles. The number of aromatic nitrogens is 4. The molecule has 0 aliphatic heterocycles. The van der Waals surface area contributed by atoms with Gasteiger partial charge in [-0.1, -0.05) is 12.1 Å². The molecule has 0 spiro atoms. The van der Waals surface area contributed by atoms with Crippen LogP contribution in [0.1, 0.15) is 42.6 Å². The molecule has 1 saturated carbocycles. The molecule has 7 nitrogen and oxygen atoms in total. The molecule has 0 amide bonds. The van der Waals surface area contributed by atoms with Crippen LogP contribution < -0.4 is 11.0 Å². The first-order valence-electron chi connectivity index (χ1n) is 10.9. The molecular formula is C24H24F3N5O2. The molecule has 0 bridgehead atoms. The van der Waals surface area contributed by atoms with E-state index < -0.39 is 28.9 Å². The molecule has 1 aliphatic rings. The number of rotatable bonds is 5. The Morgan fingerprint density at radius 2 is 1.74 bits per heavy atom. The van der Waals surface area contributed by atoms with Crippen LogP contribution in [0.2, 0.25) is 0 Å². The number of hydrogen-bond donors (Lipinski definition) is 2. The van der Waals surface area contributed by atoms with Gasteiger partial charge in [0.1, 0.15) is 11.4 Å². The second-order valence-corrected chi connectivity index (χ2v) is 9.10. The Morgan fingerprint density at radius 1 is 1.12 bits per heavy atom. The third-order valence-electron chi connectivity index (χ3n) is 6.85. The van der Waals surface area contributed by atoms with Crippen molar-refractivity contribution >= 4 is 27.6 Å². The zero-order valence-corrected chi connectivity index (χ0v) is 19.2. The molecule has 2 N–H and O–H groups in total. The Hall–Kier alpha value is -3.40. The first-order valence-corrected chi connectivity index (χ1v) is 10.9. The summed E-state index contributed by atoms with van der Waals surface area (Å²) in [4.78, 5) is 12.4. The van der Waals surface area contributed by atoms with Crippen LogP contribution in [0.15, 0.2) is 35.1 Å². The highest BCUT2D eigenvalue weighted by atomic mass is 19.3. The van der Waals surface area contributed by atoms with Crippen molar-refractivity contribution in [3.8, 4) is 0 Å². The number of imidazole rings is 1. The van der Waals surface area contributed by atoms with Gasteiger partial charge >= 0.3 is 11.6 Å². The Morgan fingerprint density at radius 3 is 2.35 bits per heavy atom. The van der Waals surface area contributed by atoms with Gasteiger partial charge in [0, 0.05) is 30.4 Å². The number of nitrogens with one attached hydrogen (secondary N) is 1. The van der Waals surface area contributed by atoms with Crippen molar-refractivity contribution in [3.05, 3.63) is 63.5 Å². The van der Waals surface area contributed by atoms with Gasteiger partial charge in [-0.05, 0) is 44.9 Å². The molecule has 178 valence electrons. The number of nitrogens with zero attached hydrogens (tertiary/aromatic N) is 4. The summed E-state index contributed by atoms with van der Waals surface area (Å²) in [7, 11) is 3.36. The van der Waals surface area contributed by atoms with Gasteiger partial charge in [-0.25, -0.2) is 9.18 Å². The van der Waals surface area contributed by atoms with Gasteiger partial charge in [-0.2, -0.15) is 13.9 Å². The molecule has 4 aromatic rings. The van der Waals surface area contributed by atoms with E-state index in [1.54, 1.807) is 32.5 Å². The van der Waals surface area contributed by atoms with E-state index in [-0.39, 0.29) is 24.1 Å². The first kappa shape index (κ1) is 22.4. The van der Waals surface area contributed by atoms with E-state index >= 15 is 4.39 Å². The van der Waals surface area contributed by atoms with E-state index in [0.29, 0.717) is 22.4 Å². The van der Waals surface area contributed by atoms with E-state index in [1.165, 1.54) is 16.7 Å². The summed E-state index contributed by atoms with van der Waals surface area (Å²) >= 11 is 0. The quantitative estimate of drug-likeness (QED) is 0.459. The molecule has 2 aromatic heterocycles. The molecule has 2 heterocycles. The van der Waals surface area contributed by atoms with Crippen LogP contribution in [0.5, 0.6) is 0 Å². The van der Waals surface area contributed by atoms with E-state index in [1.807, 2.05) is 12.1 Å². The zero-order chi connectivity index (χ0) is 24.6. The number of aryl methyl sites for hydroxylation is 3. The highest BCUT2D eigenvalue weighted by Crippen LogP contribution is 2.54. The fourth-order valence-corrected chi connectivity index (χ4v) is 4.47. The van der Waals surface area contributed by atoms with E-state index in [9.17, 15) is 18.7 Å². The molecule has 34 heavy (non-hydrogen) atoms. The molecule has 5 rings (SSSR count). The maximum absolute atomic E-state index is 15.3. The van der Waals surface area contributed by atoms with Crippen LogP contribution in [-0.4, -0.2) is 30.0 Å². The molecule has 1 fully saturated rings. The number of alkyl halides is 2.